The molecule has 0 heterocycles. The van der Waals surface area contributed by atoms with Crippen molar-refractivity contribution in [3.63, 3.8) is 0 Å². The van der Waals surface area contributed by atoms with Gasteiger partial charge in [-0.3, -0.25) is 0 Å². The van der Waals surface area contributed by atoms with Gasteiger partial charge >= 0.3 is 21.7 Å². The van der Waals surface area contributed by atoms with Crippen molar-refractivity contribution in [3.8, 4) is 0 Å². The molecular weight excluding hydrogens is 220 g/mol. The maximum absolute atomic E-state index is 3.97. The fraction of sp³-hybridized carbons (Fsp3) is 0.333. The smallest absolute Gasteiger partial charge is 1.00 e. The molecular formula is C12H22N2Ti-2. The van der Waals surface area contributed by atoms with Crippen LogP contribution in [0.4, 0.5) is 0 Å². The number of nitrogens with zero attached hydrogens (tertiary/aromatic N) is 2. The summed E-state index contributed by atoms with van der Waals surface area (Å²) >= 11 is 0. The molecule has 0 aliphatic carbocycles. The Morgan fingerprint density at radius 3 is 1.00 bits per heavy atom. The zero-order valence-electron chi connectivity index (χ0n) is 11.4. The molecule has 0 unspecified atom stereocenters. The summed E-state index contributed by atoms with van der Waals surface area (Å²) in [7, 11) is 0. The molecule has 0 amide bonds. The summed E-state index contributed by atoms with van der Waals surface area (Å²) in [5.74, 6) is 0. The number of rotatable bonds is 8. The Hall–Kier alpha value is -0.406. The Morgan fingerprint density at radius 2 is 0.867 bits per heavy atom. The van der Waals surface area contributed by atoms with Gasteiger partial charge in [-0.2, -0.15) is 0 Å². The Balaban J connectivity index is -0.0000000480. The van der Waals surface area contributed by atoms with Crippen LogP contribution in [0.1, 0.15) is 2.85 Å². The van der Waals surface area contributed by atoms with Gasteiger partial charge in [0, 0.05) is 0 Å². The Morgan fingerprint density at radius 1 is 0.667 bits per heavy atom. The van der Waals surface area contributed by atoms with Crippen molar-refractivity contribution in [2.24, 2.45) is 0 Å². The van der Waals surface area contributed by atoms with E-state index in [1.54, 1.807) is 24.3 Å². The summed E-state index contributed by atoms with van der Waals surface area (Å²) in [5.41, 5.74) is 0. The van der Waals surface area contributed by atoms with E-state index in [-0.39, 0.29) is 24.6 Å². The van der Waals surface area contributed by atoms with Crippen LogP contribution < -0.4 is 0 Å². The molecule has 15 heavy (non-hydrogen) atoms. The molecule has 0 radical (unpaired) electrons. The summed E-state index contributed by atoms with van der Waals surface area (Å²) in [6.45, 7) is 17.0. The molecule has 0 fully saturated rings. The first-order valence-electron chi connectivity index (χ1n) is 4.53. The Bertz CT molecular complexity index is 131. The van der Waals surface area contributed by atoms with Gasteiger partial charge in [-0.15, -0.1) is 76.8 Å². The Kier molecular flexibility index (Phi) is 31.3. The second-order valence-electron chi connectivity index (χ2n) is 2.33. The van der Waals surface area contributed by atoms with Crippen LogP contribution in [0.15, 0.2) is 50.6 Å². The zero-order chi connectivity index (χ0) is 11.1. The second kappa shape index (κ2) is 23.4. The van der Waals surface area contributed by atoms with Gasteiger partial charge < -0.3 is 13.5 Å². The van der Waals surface area contributed by atoms with Crippen LogP contribution in [0.25, 0.3) is 10.6 Å². The molecule has 2 nitrogen and oxygen atoms in total. The number of hydrogen-bond donors (Lipinski definition) is 0. The topological polar surface area (TPSA) is 28.2 Å². The molecule has 0 aliphatic rings. The number of hydrogen-bond acceptors (Lipinski definition) is 0. The summed E-state index contributed by atoms with van der Waals surface area (Å²) in [4.78, 5) is 0. The molecule has 0 saturated carbocycles. The van der Waals surface area contributed by atoms with E-state index in [1.165, 1.54) is 0 Å². The summed E-state index contributed by atoms with van der Waals surface area (Å²) in [6.07, 6.45) is 7.07. The summed E-state index contributed by atoms with van der Waals surface area (Å²) in [6, 6.07) is 0. The van der Waals surface area contributed by atoms with Crippen molar-refractivity contribution >= 4 is 0 Å². The van der Waals surface area contributed by atoms with Gasteiger partial charge in [0.15, 0.2) is 0 Å². The van der Waals surface area contributed by atoms with Crippen molar-refractivity contribution < 1.29 is 24.6 Å². The minimum absolute atomic E-state index is 0. The molecule has 86 valence electrons. The molecule has 0 atom stereocenters. The average molecular weight is 242 g/mol. The van der Waals surface area contributed by atoms with Crippen LogP contribution in [-0.4, -0.2) is 26.2 Å². The molecule has 0 aromatic rings. The van der Waals surface area contributed by atoms with Crippen molar-refractivity contribution in [2.75, 3.05) is 26.2 Å². The minimum Gasteiger partial charge on any atom is -1.00 e. The first kappa shape index (κ1) is 20.1. The maximum Gasteiger partial charge on any atom is 2.00 e. The standard InChI is InChI=1S/2C6H10N.Ti.2H/c2*1-3-5-7-6-4-2;;;/h2*3-4H,1-2,5-6H2;;;/q2*-1;+2;2*-1. The third-order valence-electron chi connectivity index (χ3n) is 1.03. The molecule has 0 N–H and O–H groups in total. The first-order valence-corrected chi connectivity index (χ1v) is 4.53. The van der Waals surface area contributed by atoms with Gasteiger partial charge in [0.25, 0.3) is 0 Å². The summed E-state index contributed by atoms with van der Waals surface area (Å²) < 4.78 is 0. The first-order chi connectivity index (χ1) is 6.83. The van der Waals surface area contributed by atoms with E-state index in [4.69, 9.17) is 0 Å². The van der Waals surface area contributed by atoms with Gasteiger partial charge in [-0.05, 0) is 0 Å². The molecule has 0 aromatic carbocycles. The third-order valence-corrected chi connectivity index (χ3v) is 1.03. The predicted molar refractivity (Wildman–Crippen MR) is 69.2 cm³/mol. The van der Waals surface area contributed by atoms with E-state index in [0.717, 1.165) is 26.2 Å². The van der Waals surface area contributed by atoms with E-state index >= 15 is 0 Å². The van der Waals surface area contributed by atoms with E-state index in [0.29, 0.717) is 0 Å². The third kappa shape index (κ3) is 31.7. The van der Waals surface area contributed by atoms with Crippen LogP contribution in [0.3, 0.4) is 0 Å². The van der Waals surface area contributed by atoms with Crippen molar-refractivity contribution in [2.45, 2.75) is 0 Å². The molecule has 0 aliphatic heterocycles. The molecule has 0 spiro atoms. The quantitative estimate of drug-likeness (QED) is 0.353. The molecule has 0 rings (SSSR count). The monoisotopic (exact) mass is 242 g/mol. The van der Waals surface area contributed by atoms with Gasteiger partial charge in [0.1, 0.15) is 0 Å². The Labute approximate surface area is 112 Å². The molecule has 0 bridgehead atoms. The molecule has 0 aromatic heterocycles. The second-order valence-corrected chi connectivity index (χ2v) is 2.33. The van der Waals surface area contributed by atoms with E-state index in [1.807, 2.05) is 0 Å². The molecule has 0 saturated heterocycles. The zero-order valence-corrected chi connectivity index (χ0v) is 10.9. The fourth-order valence-corrected chi connectivity index (χ4v) is 0.514. The van der Waals surface area contributed by atoms with Crippen LogP contribution in [-0.2, 0) is 21.7 Å². The van der Waals surface area contributed by atoms with Crippen LogP contribution in [0, 0.1) is 0 Å². The SMILES string of the molecule is C=CC[N-]CC=C.C=CC[N-]CC=C.[H-].[H-].[Ti+2]. The van der Waals surface area contributed by atoms with Crippen molar-refractivity contribution in [1.82, 2.24) is 0 Å². The fourth-order valence-electron chi connectivity index (χ4n) is 0.514. The van der Waals surface area contributed by atoms with Gasteiger partial charge in [0.05, 0.1) is 0 Å². The van der Waals surface area contributed by atoms with Crippen molar-refractivity contribution in [3.05, 3.63) is 61.3 Å². The van der Waals surface area contributed by atoms with E-state index in [2.05, 4.69) is 36.9 Å². The largest absolute Gasteiger partial charge is 2.00 e. The van der Waals surface area contributed by atoms with E-state index in [9.17, 15) is 0 Å². The van der Waals surface area contributed by atoms with Crippen molar-refractivity contribution in [1.29, 1.82) is 0 Å². The predicted octanol–water partition coefficient (Wildman–Crippen LogP) is 3.69. The maximum atomic E-state index is 3.97. The minimum atomic E-state index is 0. The van der Waals surface area contributed by atoms with Crippen LogP contribution in [0.2, 0.25) is 0 Å². The van der Waals surface area contributed by atoms with E-state index < -0.39 is 0 Å². The van der Waals surface area contributed by atoms with Gasteiger partial charge in [-0.25, -0.2) is 0 Å². The van der Waals surface area contributed by atoms with Gasteiger partial charge in [0.2, 0.25) is 0 Å². The van der Waals surface area contributed by atoms with Crippen LogP contribution in [0.5, 0.6) is 0 Å². The van der Waals surface area contributed by atoms with Crippen LogP contribution >= 0.6 is 0 Å². The normalized spacial score (nSPS) is 7.47. The average Bonchev–Trinajstić information content (AvgIpc) is 2.21. The molecule has 3 heteroatoms. The van der Waals surface area contributed by atoms with Gasteiger partial charge in [-0.1, -0.05) is 0 Å². The summed E-state index contributed by atoms with van der Waals surface area (Å²) in [5, 5.41) is 7.94.